The third-order valence-corrected chi connectivity index (χ3v) is 3.95. The molecule has 0 saturated carbocycles. The summed E-state index contributed by atoms with van der Waals surface area (Å²) < 4.78 is 26.5. The number of benzene rings is 1. The molecule has 1 aromatic heterocycles. The lowest BCUT2D eigenvalue weighted by atomic mass is 10.1. The molecule has 0 bridgehead atoms. The lowest BCUT2D eigenvalue weighted by molar-refractivity contribution is 0.0612. The third-order valence-electron chi connectivity index (χ3n) is 3.95. The fourth-order valence-corrected chi connectivity index (χ4v) is 2.67. The van der Waals surface area contributed by atoms with Crippen molar-refractivity contribution in [3.05, 3.63) is 48.0 Å². The van der Waals surface area contributed by atoms with E-state index in [9.17, 15) is 18.4 Å². The molecule has 1 aliphatic heterocycles. The van der Waals surface area contributed by atoms with E-state index in [-0.39, 0.29) is 24.3 Å². The van der Waals surface area contributed by atoms with Crippen LogP contribution in [0.3, 0.4) is 0 Å². The van der Waals surface area contributed by atoms with Gasteiger partial charge >= 0.3 is 12.6 Å². The van der Waals surface area contributed by atoms with Crippen molar-refractivity contribution in [1.82, 2.24) is 19.8 Å². The number of alkyl halides is 2. The molecule has 1 aromatic carbocycles. The van der Waals surface area contributed by atoms with Crippen LogP contribution in [0, 0.1) is 0 Å². The van der Waals surface area contributed by atoms with Crippen LogP contribution in [-0.2, 0) is 6.54 Å². The topological polar surface area (TPSA) is 70.5 Å². The number of nitrogens with one attached hydrogen (secondary N) is 1. The third kappa shape index (κ3) is 3.44. The highest BCUT2D eigenvalue weighted by Gasteiger charge is 2.23. The quantitative estimate of drug-likeness (QED) is 0.898. The van der Waals surface area contributed by atoms with Gasteiger partial charge in [-0.25, -0.2) is 9.78 Å². The molecule has 1 N–H and O–H groups in total. The Morgan fingerprint density at radius 2 is 2.24 bits per heavy atom. The number of nitrogens with zero attached hydrogens (tertiary/aromatic N) is 4. The Morgan fingerprint density at radius 1 is 1.44 bits per heavy atom. The first-order valence-electron chi connectivity index (χ1n) is 7.68. The van der Waals surface area contributed by atoms with Gasteiger partial charge in [0, 0.05) is 43.8 Å². The van der Waals surface area contributed by atoms with Crippen LogP contribution in [0.2, 0.25) is 0 Å². The predicted molar refractivity (Wildman–Crippen MR) is 86.5 cm³/mol. The fourth-order valence-electron chi connectivity index (χ4n) is 2.67. The van der Waals surface area contributed by atoms with Crippen molar-refractivity contribution in [1.29, 1.82) is 0 Å². The minimum atomic E-state index is -2.71. The first-order chi connectivity index (χ1) is 12.0. The maximum Gasteiger partial charge on any atom is 0.321 e. The molecule has 1 saturated heterocycles. The zero-order valence-corrected chi connectivity index (χ0v) is 13.5. The van der Waals surface area contributed by atoms with Gasteiger partial charge in [0.1, 0.15) is 5.82 Å². The van der Waals surface area contributed by atoms with Crippen LogP contribution >= 0.6 is 0 Å². The van der Waals surface area contributed by atoms with E-state index in [1.54, 1.807) is 29.2 Å². The Morgan fingerprint density at radius 3 is 2.92 bits per heavy atom. The van der Waals surface area contributed by atoms with Gasteiger partial charge in [0.25, 0.3) is 5.91 Å². The molecule has 0 radical (unpaired) electrons. The molecule has 9 heteroatoms. The Labute approximate surface area is 142 Å². The highest BCUT2D eigenvalue weighted by molar-refractivity contribution is 5.98. The van der Waals surface area contributed by atoms with Gasteiger partial charge in [0.15, 0.2) is 0 Å². The van der Waals surface area contributed by atoms with E-state index < -0.39 is 6.55 Å². The number of rotatable bonds is 5. The average Bonchev–Trinajstić information content (AvgIpc) is 3.23. The largest absolute Gasteiger partial charge is 0.336 e. The highest BCUT2D eigenvalue weighted by Crippen LogP contribution is 2.20. The second-order valence-corrected chi connectivity index (χ2v) is 5.62. The maximum absolute atomic E-state index is 12.9. The SMILES string of the molecule is CN(Cc1nccn1C(F)F)C(=O)c1cccc(N2CCNC2=O)c1. The minimum absolute atomic E-state index is 0.0510. The van der Waals surface area contributed by atoms with Crippen molar-refractivity contribution in [2.24, 2.45) is 0 Å². The van der Waals surface area contributed by atoms with Crippen molar-refractivity contribution in [3.8, 4) is 0 Å². The van der Waals surface area contributed by atoms with Crippen LogP contribution in [0.4, 0.5) is 19.3 Å². The second-order valence-electron chi connectivity index (χ2n) is 5.62. The number of hydrogen-bond donors (Lipinski definition) is 1. The van der Waals surface area contributed by atoms with Gasteiger partial charge in [-0.15, -0.1) is 0 Å². The molecule has 0 unspecified atom stereocenters. The molecule has 25 heavy (non-hydrogen) atoms. The predicted octanol–water partition coefficient (Wildman–Crippen LogP) is 2.08. The Kier molecular flexibility index (Phi) is 4.64. The van der Waals surface area contributed by atoms with E-state index in [1.165, 1.54) is 24.3 Å². The van der Waals surface area contributed by atoms with Crippen LogP contribution in [0.1, 0.15) is 22.7 Å². The number of carbonyl (C=O) groups excluding carboxylic acids is 2. The first kappa shape index (κ1) is 16.9. The second kappa shape index (κ2) is 6.88. The minimum Gasteiger partial charge on any atom is -0.336 e. The van der Waals surface area contributed by atoms with E-state index in [2.05, 4.69) is 10.3 Å². The molecule has 0 spiro atoms. The van der Waals surface area contributed by atoms with Gasteiger partial charge in [-0.2, -0.15) is 8.78 Å². The molecule has 3 rings (SSSR count). The van der Waals surface area contributed by atoms with Crippen LogP contribution in [-0.4, -0.2) is 46.5 Å². The van der Waals surface area contributed by atoms with Gasteiger partial charge in [0.2, 0.25) is 0 Å². The van der Waals surface area contributed by atoms with Crippen molar-refractivity contribution in [2.45, 2.75) is 13.1 Å². The molecular weight excluding hydrogens is 332 g/mol. The molecule has 2 heterocycles. The lowest BCUT2D eigenvalue weighted by Crippen LogP contribution is -2.29. The molecule has 1 aliphatic rings. The summed E-state index contributed by atoms with van der Waals surface area (Å²) in [6.45, 7) is -1.69. The fraction of sp³-hybridized carbons (Fsp3) is 0.312. The number of carbonyl (C=O) groups is 2. The summed E-state index contributed by atoms with van der Waals surface area (Å²) >= 11 is 0. The van der Waals surface area contributed by atoms with Gasteiger partial charge in [-0.05, 0) is 18.2 Å². The van der Waals surface area contributed by atoms with Crippen molar-refractivity contribution < 1.29 is 18.4 Å². The molecule has 3 amide bonds. The van der Waals surface area contributed by atoms with Crippen molar-refractivity contribution in [3.63, 3.8) is 0 Å². The van der Waals surface area contributed by atoms with E-state index in [0.717, 1.165) is 4.57 Å². The summed E-state index contributed by atoms with van der Waals surface area (Å²) in [7, 11) is 1.52. The normalized spacial score (nSPS) is 14.1. The Bertz CT molecular complexity index is 792. The number of imidazole rings is 1. The summed E-state index contributed by atoms with van der Waals surface area (Å²) in [6, 6.07) is 6.45. The molecular formula is C16H17F2N5O2. The van der Waals surface area contributed by atoms with Gasteiger partial charge in [0.05, 0.1) is 6.54 Å². The molecule has 0 aliphatic carbocycles. The molecule has 7 nitrogen and oxygen atoms in total. The number of anilines is 1. The summed E-state index contributed by atoms with van der Waals surface area (Å²) in [4.78, 5) is 31.0. The summed E-state index contributed by atoms with van der Waals surface area (Å²) in [5, 5.41) is 2.70. The van der Waals surface area contributed by atoms with E-state index in [0.29, 0.717) is 24.3 Å². The summed E-state index contributed by atoms with van der Waals surface area (Å²) in [5.74, 6) is -0.244. The summed E-state index contributed by atoms with van der Waals surface area (Å²) in [6.07, 6.45) is 2.44. The lowest BCUT2D eigenvalue weighted by Gasteiger charge is -2.19. The van der Waals surface area contributed by atoms with Crippen molar-refractivity contribution >= 4 is 17.6 Å². The van der Waals surface area contributed by atoms with Crippen LogP contribution in [0.15, 0.2) is 36.7 Å². The Balaban J connectivity index is 1.76. The van der Waals surface area contributed by atoms with Crippen molar-refractivity contribution in [2.75, 3.05) is 25.0 Å². The van der Waals surface area contributed by atoms with Gasteiger partial charge in [-0.3, -0.25) is 14.3 Å². The van der Waals surface area contributed by atoms with Crippen LogP contribution in [0.25, 0.3) is 0 Å². The molecule has 2 aromatic rings. The van der Waals surface area contributed by atoms with E-state index >= 15 is 0 Å². The number of halogens is 2. The molecule has 0 atom stereocenters. The zero-order chi connectivity index (χ0) is 18.0. The number of amides is 3. The Hall–Kier alpha value is -2.97. The first-order valence-corrected chi connectivity index (χ1v) is 7.68. The number of urea groups is 1. The van der Waals surface area contributed by atoms with Crippen LogP contribution in [0.5, 0.6) is 0 Å². The van der Waals surface area contributed by atoms with Gasteiger partial charge in [-0.1, -0.05) is 6.07 Å². The zero-order valence-electron chi connectivity index (χ0n) is 13.5. The average molecular weight is 349 g/mol. The summed E-state index contributed by atoms with van der Waals surface area (Å²) in [5.41, 5.74) is 0.984. The molecule has 1 fully saturated rings. The maximum atomic E-state index is 12.9. The van der Waals surface area contributed by atoms with E-state index in [1.807, 2.05) is 0 Å². The van der Waals surface area contributed by atoms with E-state index in [4.69, 9.17) is 0 Å². The monoisotopic (exact) mass is 349 g/mol. The number of aromatic nitrogens is 2. The van der Waals surface area contributed by atoms with Gasteiger partial charge < -0.3 is 10.2 Å². The smallest absolute Gasteiger partial charge is 0.321 e. The van der Waals surface area contributed by atoms with Crippen LogP contribution < -0.4 is 10.2 Å². The molecule has 132 valence electrons. The number of hydrogen-bond acceptors (Lipinski definition) is 3. The standard InChI is InChI=1S/C16H17F2N5O2/c1-21(10-13-19-5-8-23(13)15(17)18)14(24)11-3-2-4-12(9-11)22-7-6-20-16(22)25/h2-5,8-9,15H,6-7,10H2,1H3,(H,20,25). The highest BCUT2D eigenvalue weighted by atomic mass is 19.3.